The number of rotatable bonds is 2. The number of hydrogen-bond donors (Lipinski definition) is 1. The van der Waals surface area contributed by atoms with Crippen molar-refractivity contribution >= 4 is 11.8 Å². The molecular formula is C12H21N3O2. The molecule has 2 heterocycles. The van der Waals surface area contributed by atoms with Crippen molar-refractivity contribution in [1.29, 1.82) is 0 Å². The largest absolute Gasteiger partial charge is 0.327 e. The van der Waals surface area contributed by atoms with E-state index in [4.69, 9.17) is 5.73 Å². The molecule has 0 spiro atoms. The van der Waals surface area contributed by atoms with E-state index in [1.165, 1.54) is 4.90 Å². The third-order valence-electron chi connectivity index (χ3n) is 3.50. The smallest absolute Gasteiger partial charge is 0.243 e. The highest BCUT2D eigenvalue weighted by Gasteiger charge is 2.29. The Morgan fingerprint density at radius 2 is 2.24 bits per heavy atom. The van der Waals surface area contributed by atoms with Gasteiger partial charge in [0.25, 0.3) is 0 Å². The van der Waals surface area contributed by atoms with Crippen LogP contribution in [-0.2, 0) is 9.59 Å². The topological polar surface area (TPSA) is 66.6 Å². The summed E-state index contributed by atoms with van der Waals surface area (Å²) in [5.41, 5.74) is 5.94. The minimum Gasteiger partial charge on any atom is -0.327 e. The van der Waals surface area contributed by atoms with Gasteiger partial charge in [0.15, 0.2) is 0 Å². The minimum atomic E-state index is -0.0613. The van der Waals surface area contributed by atoms with Crippen LogP contribution in [0.25, 0.3) is 0 Å². The Bertz CT molecular complexity index is 309. The molecule has 0 aromatic heterocycles. The van der Waals surface area contributed by atoms with Crippen molar-refractivity contribution in [2.45, 2.75) is 32.2 Å². The van der Waals surface area contributed by atoms with Crippen molar-refractivity contribution in [1.82, 2.24) is 9.80 Å². The van der Waals surface area contributed by atoms with E-state index in [1.807, 2.05) is 0 Å². The SMILES string of the molecule is CC1CC(N)CN(CC(=O)N2CCCC2=O)C1. The second-order valence-electron chi connectivity index (χ2n) is 5.34. The average molecular weight is 239 g/mol. The summed E-state index contributed by atoms with van der Waals surface area (Å²) >= 11 is 0. The molecule has 5 nitrogen and oxygen atoms in total. The summed E-state index contributed by atoms with van der Waals surface area (Å²) in [6.07, 6.45) is 2.34. The van der Waals surface area contributed by atoms with E-state index in [0.29, 0.717) is 25.4 Å². The molecule has 0 saturated carbocycles. The fourth-order valence-electron chi connectivity index (χ4n) is 2.83. The zero-order valence-electron chi connectivity index (χ0n) is 10.4. The van der Waals surface area contributed by atoms with Crippen molar-refractivity contribution in [3.05, 3.63) is 0 Å². The number of nitrogens with two attached hydrogens (primary N) is 1. The fraction of sp³-hybridized carbons (Fsp3) is 0.833. The maximum Gasteiger partial charge on any atom is 0.243 e. The highest BCUT2D eigenvalue weighted by molar-refractivity contribution is 5.97. The van der Waals surface area contributed by atoms with Crippen LogP contribution in [0, 0.1) is 5.92 Å². The van der Waals surface area contributed by atoms with Crippen LogP contribution < -0.4 is 5.73 Å². The molecule has 2 aliphatic rings. The first-order valence-corrected chi connectivity index (χ1v) is 6.37. The summed E-state index contributed by atoms with van der Waals surface area (Å²) in [4.78, 5) is 26.9. The predicted molar refractivity (Wildman–Crippen MR) is 64.2 cm³/mol. The van der Waals surface area contributed by atoms with Gasteiger partial charge < -0.3 is 5.73 Å². The minimum absolute atomic E-state index is 0.0237. The van der Waals surface area contributed by atoms with Gasteiger partial charge in [-0.15, -0.1) is 0 Å². The van der Waals surface area contributed by atoms with Crippen molar-refractivity contribution in [3.63, 3.8) is 0 Å². The number of carbonyl (C=O) groups excluding carboxylic acids is 2. The second-order valence-corrected chi connectivity index (χ2v) is 5.34. The quantitative estimate of drug-likeness (QED) is 0.725. The van der Waals surface area contributed by atoms with Crippen LogP contribution in [-0.4, -0.2) is 53.8 Å². The van der Waals surface area contributed by atoms with Crippen molar-refractivity contribution in [2.75, 3.05) is 26.2 Å². The van der Waals surface area contributed by atoms with Crippen LogP contribution in [0.1, 0.15) is 26.2 Å². The number of piperidine rings is 1. The predicted octanol–water partition coefficient (Wildman–Crippen LogP) is -0.195. The molecule has 2 atom stereocenters. The number of amides is 2. The zero-order chi connectivity index (χ0) is 12.4. The van der Waals surface area contributed by atoms with Gasteiger partial charge >= 0.3 is 0 Å². The number of imide groups is 1. The van der Waals surface area contributed by atoms with Crippen LogP contribution >= 0.6 is 0 Å². The molecule has 2 rings (SSSR count). The van der Waals surface area contributed by atoms with Gasteiger partial charge in [-0.25, -0.2) is 0 Å². The summed E-state index contributed by atoms with van der Waals surface area (Å²) in [6.45, 7) is 4.74. The highest BCUT2D eigenvalue weighted by Crippen LogP contribution is 2.16. The van der Waals surface area contributed by atoms with E-state index in [1.54, 1.807) is 0 Å². The van der Waals surface area contributed by atoms with Gasteiger partial charge in [-0.2, -0.15) is 0 Å². The Balaban J connectivity index is 1.87. The number of hydrogen-bond acceptors (Lipinski definition) is 4. The van der Waals surface area contributed by atoms with Gasteiger partial charge in [-0.05, 0) is 18.8 Å². The van der Waals surface area contributed by atoms with E-state index in [2.05, 4.69) is 11.8 Å². The third kappa shape index (κ3) is 3.04. The first-order chi connectivity index (χ1) is 8.06. The van der Waals surface area contributed by atoms with Crippen LogP contribution in [0.5, 0.6) is 0 Å². The fourth-order valence-corrected chi connectivity index (χ4v) is 2.83. The Morgan fingerprint density at radius 3 is 2.82 bits per heavy atom. The molecule has 2 unspecified atom stereocenters. The summed E-state index contributed by atoms with van der Waals surface area (Å²) < 4.78 is 0. The van der Waals surface area contributed by atoms with Crippen molar-refractivity contribution in [2.24, 2.45) is 11.7 Å². The lowest BCUT2D eigenvalue weighted by molar-refractivity contribution is -0.142. The molecule has 2 saturated heterocycles. The number of likely N-dealkylation sites (tertiary alicyclic amines) is 2. The number of nitrogens with zero attached hydrogens (tertiary/aromatic N) is 2. The molecule has 2 N–H and O–H groups in total. The van der Waals surface area contributed by atoms with Crippen LogP contribution in [0.4, 0.5) is 0 Å². The van der Waals surface area contributed by atoms with Gasteiger partial charge in [0.05, 0.1) is 6.54 Å². The molecule has 2 amide bonds. The molecule has 96 valence electrons. The first kappa shape index (κ1) is 12.5. The molecule has 0 aromatic rings. The summed E-state index contributed by atoms with van der Waals surface area (Å²) in [5.74, 6) is 0.444. The van der Waals surface area contributed by atoms with Gasteiger partial charge in [-0.3, -0.25) is 19.4 Å². The van der Waals surface area contributed by atoms with Gasteiger partial charge in [0, 0.05) is 32.1 Å². The van der Waals surface area contributed by atoms with E-state index in [-0.39, 0.29) is 17.9 Å². The Hall–Kier alpha value is -0.940. The Kier molecular flexibility index (Phi) is 3.79. The van der Waals surface area contributed by atoms with Crippen LogP contribution in [0.3, 0.4) is 0 Å². The number of carbonyl (C=O) groups is 2. The summed E-state index contributed by atoms with van der Waals surface area (Å²) in [5, 5.41) is 0. The van der Waals surface area contributed by atoms with Crippen LogP contribution in [0.15, 0.2) is 0 Å². The Morgan fingerprint density at radius 1 is 1.47 bits per heavy atom. The molecule has 0 bridgehead atoms. The zero-order valence-corrected chi connectivity index (χ0v) is 10.4. The van der Waals surface area contributed by atoms with Crippen molar-refractivity contribution in [3.8, 4) is 0 Å². The Labute approximate surface area is 102 Å². The monoisotopic (exact) mass is 239 g/mol. The maximum atomic E-state index is 12.0. The molecule has 5 heteroatoms. The lowest BCUT2D eigenvalue weighted by atomic mass is 9.97. The average Bonchev–Trinajstić information content (AvgIpc) is 2.62. The second kappa shape index (κ2) is 5.14. The maximum absolute atomic E-state index is 12.0. The van der Waals surface area contributed by atoms with E-state index in [0.717, 1.165) is 25.9 Å². The molecule has 0 aliphatic carbocycles. The normalized spacial score (nSPS) is 30.9. The third-order valence-corrected chi connectivity index (χ3v) is 3.50. The molecule has 2 fully saturated rings. The van der Waals surface area contributed by atoms with Crippen molar-refractivity contribution < 1.29 is 9.59 Å². The first-order valence-electron chi connectivity index (χ1n) is 6.37. The molecule has 17 heavy (non-hydrogen) atoms. The molecular weight excluding hydrogens is 218 g/mol. The van der Waals surface area contributed by atoms with Gasteiger partial charge in [-0.1, -0.05) is 6.92 Å². The van der Waals surface area contributed by atoms with E-state index in [9.17, 15) is 9.59 Å². The molecule has 2 aliphatic heterocycles. The lowest BCUT2D eigenvalue weighted by Crippen LogP contribution is -2.50. The highest BCUT2D eigenvalue weighted by atomic mass is 16.2. The van der Waals surface area contributed by atoms with Gasteiger partial charge in [0.1, 0.15) is 0 Å². The van der Waals surface area contributed by atoms with Gasteiger partial charge in [0.2, 0.25) is 11.8 Å². The standard InChI is InChI=1S/C12H21N3O2/c1-9-5-10(13)7-14(6-9)8-12(17)15-4-2-3-11(15)16/h9-10H,2-8,13H2,1H3. The molecule has 0 aromatic carbocycles. The summed E-state index contributed by atoms with van der Waals surface area (Å²) in [6, 6.07) is 0.154. The lowest BCUT2D eigenvalue weighted by Gasteiger charge is -2.34. The van der Waals surface area contributed by atoms with E-state index >= 15 is 0 Å². The molecule has 0 radical (unpaired) electrons. The van der Waals surface area contributed by atoms with E-state index < -0.39 is 0 Å². The summed E-state index contributed by atoms with van der Waals surface area (Å²) in [7, 11) is 0. The van der Waals surface area contributed by atoms with Crippen LogP contribution in [0.2, 0.25) is 0 Å².